The molecule has 1 saturated carbocycles. The number of carbonyl (C=O) groups is 2. The zero-order chi connectivity index (χ0) is 19.5. The number of benzene rings is 1. The minimum Gasteiger partial charge on any atom is -0.469 e. The minimum atomic E-state index is -0.766. The van der Waals surface area contributed by atoms with Crippen LogP contribution < -0.4 is 0 Å². The molecule has 4 heteroatoms. The number of allylic oxidation sites excluding steroid dienone is 1. The normalized spacial score (nSPS) is 25.4. The summed E-state index contributed by atoms with van der Waals surface area (Å²) in [5.41, 5.74) is 2.78. The van der Waals surface area contributed by atoms with Crippen molar-refractivity contribution in [2.45, 2.75) is 45.4 Å². The molecule has 2 rings (SSSR count). The number of rotatable bonds is 5. The number of hydrogen-bond acceptors (Lipinski definition) is 3. The number of ether oxygens (including phenoxy) is 1. The summed E-state index contributed by atoms with van der Waals surface area (Å²) in [5, 5.41) is 0. The van der Waals surface area contributed by atoms with E-state index >= 15 is 0 Å². The van der Waals surface area contributed by atoms with Crippen LogP contribution in [-0.4, -0.2) is 38.0 Å². The zero-order valence-corrected chi connectivity index (χ0v) is 16.7. The molecule has 0 radical (unpaired) electrons. The van der Waals surface area contributed by atoms with Gasteiger partial charge in [-0.3, -0.25) is 9.59 Å². The summed E-state index contributed by atoms with van der Waals surface area (Å²) < 4.78 is 5.14. The molecule has 0 N–H and O–H groups in total. The van der Waals surface area contributed by atoms with Gasteiger partial charge in [-0.25, -0.2) is 0 Å². The van der Waals surface area contributed by atoms with Gasteiger partial charge in [-0.1, -0.05) is 42.0 Å². The Bertz CT molecular complexity index is 677. The first-order chi connectivity index (χ1) is 12.2. The number of amides is 1. The monoisotopic (exact) mass is 357 g/mol. The highest BCUT2D eigenvalue weighted by molar-refractivity contribution is 5.86. The average molecular weight is 357 g/mol. The Morgan fingerprint density at radius 2 is 1.88 bits per heavy atom. The van der Waals surface area contributed by atoms with E-state index < -0.39 is 5.41 Å². The summed E-state index contributed by atoms with van der Waals surface area (Å²) in [6.45, 7) is 8.31. The smallest absolute Gasteiger partial charge is 0.312 e. The Balaban J connectivity index is 2.42. The maximum Gasteiger partial charge on any atom is 0.312 e. The van der Waals surface area contributed by atoms with Crippen LogP contribution in [0.5, 0.6) is 0 Å². The van der Waals surface area contributed by atoms with Gasteiger partial charge in [0.1, 0.15) is 0 Å². The van der Waals surface area contributed by atoms with Gasteiger partial charge in [-0.2, -0.15) is 0 Å². The van der Waals surface area contributed by atoms with Gasteiger partial charge >= 0.3 is 5.97 Å². The average Bonchev–Trinajstić information content (AvgIpc) is 2.61. The van der Waals surface area contributed by atoms with E-state index in [0.717, 1.165) is 12.0 Å². The van der Waals surface area contributed by atoms with Crippen molar-refractivity contribution in [3.05, 3.63) is 47.5 Å². The van der Waals surface area contributed by atoms with Crippen LogP contribution in [0.25, 0.3) is 0 Å². The first-order valence-electron chi connectivity index (χ1n) is 9.20. The van der Waals surface area contributed by atoms with Gasteiger partial charge in [-0.05, 0) is 50.5 Å². The summed E-state index contributed by atoms with van der Waals surface area (Å²) in [4.78, 5) is 26.7. The van der Waals surface area contributed by atoms with Gasteiger partial charge in [0.2, 0.25) is 5.91 Å². The fourth-order valence-corrected chi connectivity index (χ4v) is 4.13. The Kier molecular flexibility index (Phi) is 6.27. The molecule has 0 saturated heterocycles. The molecule has 0 heterocycles. The van der Waals surface area contributed by atoms with E-state index in [4.69, 9.17) is 4.74 Å². The SMILES string of the molecule is C=C(C)[C@@H]1CC[C@](CC(=O)N(C)C)(C(=O)OC)C[C@H]1c1ccc(C)cc1. The number of hydrogen-bond donors (Lipinski definition) is 0. The van der Waals surface area contributed by atoms with Gasteiger partial charge < -0.3 is 9.64 Å². The van der Waals surface area contributed by atoms with Crippen LogP contribution >= 0.6 is 0 Å². The first-order valence-corrected chi connectivity index (χ1v) is 9.20. The number of methoxy groups -OCH3 is 1. The summed E-state index contributed by atoms with van der Waals surface area (Å²) in [5.74, 6) is 0.165. The molecule has 1 aliphatic carbocycles. The van der Waals surface area contributed by atoms with Crippen LogP contribution in [0, 0.1) is 18.3 Å². The van der Waals surface area contributed by atoms with Crippen molar-refractivity contribution in [3.8, 4) is 0 Å². The molecule has 1 fully saturated rings. The van der Waals surface area contributed by atoms with Crippen LogP contribution in [0.1, 0.15) is 49.7 Å². The van der Waals surface area contributed by atoms with E-state index in [-0.39, 0.29) is 24.2 Å². The molecular formula is C22H31NO3. The predicted octanol–water partition coefficient (Wildman–Crippen LogP) is 4.09. The maximum absolute atomic E-state index is 12.7. The maximum atomic E-state index is 12.7. The number of nitrogens with zero attached hydrogens (tertiary/aromatic N) is 1. The lowest BCUT2D eigenvalue weighted by molar-refractivity contribution is -0.159. The van der Waals surface area contributed by atoms with Gasteiger partial charge in [0.05, 0.1) is 12.5 Å². The largest absolute Gasteiger partial charge is 0.469 e. The van der Waals surface area contributed by atoms with Crippen molar-refractivity contribution in [2.24, 2.45) is 11.3 Å². The van der Waals surface area contributed by atoms with Crippen LogP contribution in [0.3, 0.4) is 0 Å². The highest BCUT2D eigenvalue weighted by atomic mass is 16.5. The van der Waals surface area contributed by atoms with Gasteiger partial charge in [-0.15, -0.1) is 0 Å². The molecule has 0 spiro atoms. The molecular weight excluding hydrogens is 326 g/mol. The fourth-order valence-electron chi connectivity index (χ4n) is 4.13. The van der Waals surface area contributed by atoms with Gasteiger partial charge in [0.15, 0.2) is 0 Å². The molecule has 4 nitrogen and oxygen atoms in total. The number of esters is 1. The fraction of sp³-hybridized carbons (Fsp3) is 0.545. The van der Waals surface area contributed by atoms with E-state index in [2.05, 4.69) is 44.7 Å². The quantitative estimate of drug-likeness (QED) is 0.589. The molecule has 1 aromatic rings. The lowest BCUT2D eigenvalue weighted by Gasteiger charge is -2.43. The molecule has 0 unspecified atom stereocenters. The van der Waals surface area contributed by atoms with Crippen molar-refractivity contribution >= 4 is 11.9 Å². The van der Waals surface area contributed by atoms with Crippen LogP contribution in [0.4, 0.5) is 0 Å². The van der Waals surface area contributed by atoms with E-state index in [9.17, 15) is 9.59 Å². The van der Waals surface area contributed by atoms with E-state index in [1.807, 2.05) is 0 Å². The molecule has 1 aliphatic rings. The minimum absolute atomic E-state index is 0.0353. The zero-order valence-electron chi connectivity index (χ0n) is 16.7. The Morgan fingerprint density at radius 1 is 1.27 bits per heavy atom. The number of aryl methyl sites for hydroxylation is 1. The molecule has 142 valence electrons. The van der Waals surface area contributed by atoms with E-state index in [0.29, 0.717) is 18.8 Å². The van der Waals surface area contributed by atoms with Crippen LogP contribution in [0.2, 0.25) is 0 Å². The number of carbonyl (C=O) groups excluding carboxylic acids is 2. The predicted molar refractivity (Wildman–Crippen MR) is 104 cm³/mol. The summed E-state index contributed by atoms with van der Waals surface area (Å²) in [6.07, 6.45) is 2.29. The first kappa shape index (κ1) is 20.2. The third-order valence-electron chi connectivity index (χ3n) is 5.78. The summed E-state index contributed by atoms with van der Waals surface area (Å²) in [6, 6.07) is 8.47. The van der Waals surface area contributed by atoms with E-state index in [1.54, 1.807) is 19.0 Å². The lowest BCUT2D eigenvalue weighted by atomic mass is 9.60. The topological polar surface area (TPSA) is 46.6 Å². The summed E-state index contributed by atoms with van der Waals surface area (Å²) in [7, 11) is 4.87. The van der Waals surface area contributed by atoms with E-state index in [1.165, 1.54) is 18.2 Å². The lowest BCUT2D eigenvalue weighted by Crippen LogP contribution is -2.43. The van der Waals surface area contributed by atoms with Crippen molar-refractivity contribution in [1.82, 2.24) is 4.90 Å². The summed E-state index contributed by atoms with van der Waals surface area (Å²) >= 11 is 0. The van der Waals surface area contributed by atoms with Gasteiger partial charge in [0.25, 0.3) is 0 Å². The second-order valence-electron chi connectivity index (χ2n) is 7.95. The van der Waals surface area contributed by atoms with Crippen molar-refractivity contribution < 1.29 is 14.3 Å². The third-order valence-corrected chi connectivity index (χ3v) is 5.78. The third kappa shape index (κ3) is 4.17. The molecule has 26 heavy (non-hydrogen) atoms. The van der Waals surface area contributed by atoms with Crippen LogP contribution in [0.15, 0.2) is 36.4 Å². The Hall–Kier alpha value is -2.10. The van der Waals surface area contributed by atoms with Crippen molar-refractivity contribution in [3.63, 3.8) is 0 Å². The Morgan fingerprint density at radius 3 is 2.38 bits per heavy atom. The highest BCUT2D eigenvalue weighted by Crippen LogP contribution is 2.51. The second-order valence-corrected chi connectivity index (χ2v) is 7.95. The van der Waals surface area contributed by atoms with Crippen molar-refractivity contribution in [1.29, 1.82) is 0 Å². The van der Waals surface area contributed by atoms with Gasteiger partial charge in [0, 0.05) is 20.5 Å². The highest BCUT2D eigenvalue weighted by Gasteiger charge is 2.48. The molecule has 0 aromatic heterocycles. The molecule has 1 amide bonds. The van der Waals surface area contributed by atoms with Crippen LogP contribution in [-0.2, 0) is 14.3 Å². The molecule has 0 aliphatic heterocycles. The Labute approximate surface area is 157 Å². The molecule has 3 atom stereocenters. The second kappa shape index (κ2) is 8.07. The molecule has 1 aromatic carbocycles. The standard InChI is InChI=1S/C22H31NO3/c1-15(2)18-11-12-22(21(25)26-6,14-20(24)23(4)5)13-19(18)17-9-7-16(3)8-10-17/h7-10,18-19H,1,11-14H2,2-6H3/t18-,19-,22-/m0/s1. The molecule has 0 bridgehead atoms. The van der Waals surface area contributed by atoms with Crippen molar-refractivity contribution in [2.75, 3.05) is 21.2 Å².